The predicted molar refractivity (Wildman–Crippen MR) is 120 cm³/mol. The van der Waals surface area contributed by atoms with E-state index in [0.29, 0.717) is 5.92 Å². The fraction of sp³-hybridized carbons (Fsp3) is 0.259. The zero-order valence-corrected chi connectivity index (χ0v) is 17.0. The van der Waals surface area contributed by atoms with Crippen LogP contribution in [0.15, 0.2) is 78.4 Å². The van der Waals surface area contributed by atoms with Crippen molar-refractivity contribution in [2.24, 2.45) is 5.92 Å². The molecule has 0 heterocycles. The van der Waals surface area contributed by atoms with Gasteiger partial charge in [-0.05, 0) is 77.3 Å². The summed E-state index contributed by atoms with van der Waals surface area (Å²) in [4.78, 5) is 0. The molecule has 1 nitrogen and oxygen atoms in total. The van der Waals surface area contributed by atoms with E-state index in [1.807, 2.05) is 0 Å². The average molecular weight is 369 g/mol. The lowest BCUT2D eigenvalue weighted by molar-refractivity contribution is 0.406. The van der Waals surface area contributed by atoms with Gasteiger partial charge in [-0.2, -0.15) is 0 Å². The van der Waals surface area contributed by atoms with Crippen LogP contribution in [0.25, 0.3) is 21.9 Å². The first-order valence-electron chi connectivity index (χ1n) is 10.2. The Hall–Kier alpha value is -2.80. The van der Waals surface area contributed by atoms with Crippen LogP contribution in [-0.4, -0.2) is 7.11 Å². The quantitative estimate of drug-likeness (QED) is 0.460. The Morgan fingerprint density at radius 3 is 2.61 bits per heavy atom. The molecule has 0 radical (unpaired) electrons. The van der Waals surface area contributed by atoms with Gasteiger partial charge in [0.05, 0.1) is 7.11 Å². The molecule has 1 aliphatic rings. The summed E-state index contributed by atoms with van der Waals surface area (Å²) in [6.07, 6.45) is 10.2. The second kappa shape index (κ2) is 8.06. The van der Waals surface area contributed by atoms with Gasteiger partial charge < -0.3 is 4.74 Å². The van der Waals surface area contributed by atoms with Gasteiger partial charge in [0.25, 0.3) is 0 Å². The van der Waals surface area contributed by atoms with Crippen LogP contribution in [0.2, 0.25) is 0 Å². The minimum absolute atomic E-state index is 0.662. The van der Waals surface area contributed by atoms with Crippen LogP contribution in [0, 0.1) is 12.8 Å². The lowest BCUT2D eigenvalue weighted by Gasteiger charge is -2.17. The Balaban J connectivity index is 1.71. The van der Waals surface area contributed by atoms with Crippen LogP contribution in [0.3, 0.4) is 0 Å². The van der Waals surface area contributed by atoms with Crippen molar-refractivity contribution in [1.29, 1.82) is 0 Å². The van der Waals surface area contributed by atoms with Crippen molar-refractivity contribution in [3.63, 3.8) is 0 Å². The molecule has 4 rings (SSSR count). The third-order valence-corrected chi connectivity index (χ3v) is 5.73. The van der Waals surface area contributed by atoms with Gasteiger partial charge in [-0.25, -0.2) is 0 Å². The normalized spacial score (nSPS) is 16.2. The van der Waals surface area contributed by atoms with Gasteiger partial charge in [-0.3, -0.25) is 0 Å². The van der Waals surface area contributed by atoms with Crippen molar-refractivity contribution in [3.8, 4) is 16.9 Å². The molecule has 142 valence electrons. The fourth-order valence-electron chi connectivity index (χ4n) is 4.19. The highest BCUT2D eigenvalue weighted by Gasteiger charge is 2.13. The maximum atomic E-state index is 5.77. The van der Waals surface area contributed by atoms with E-state index in [4.69, 9.17) is 4.74 Å². The minimum Gasteiger partial charge on any atom is -0.496 e. The standard InChI is InChI=1S/C27H28O/c1-19-11-13-21(14-12-19)15-16-23-18-24(17-20(2)27(23)28-3)26-10-6-8-22-7-4-5-9-25(22)26/h4-11,13-14,17-19H,12,15-16H2,1-3H3. The Kier molecular flexibility index (Phi) is 5.34. The molecule has 0 N–H and O–H groups in total. The summed E-state index contributed by atoms with van der Waals surface area (Å²) in [5.74, 6) is 1.69. The SMILES string of the molecule is COc1c(C)cc(-c2cccc3ccccc23)cc1CCC1=CCC(C)C=C1. The van der Waals surface area contributed by atoms with Crippen molar-refractivity contribution in [2.45, 2.75) is 33.1 Å². The van der Waals surface area contributed by atoms with E-state index in [-0.39, 0.29) is 0 Å². The lowest BCUT2D eigenvalue weighted by Crippen LogP contribution is -1.99. The third kappa shape index (κ3) is 3.75. The monoisotopic (exact) mass is 368 g/mol. The highest BCUT2D eigenvalue weighted by Crippen LogP contribution is 2.35. The van der Waals surface area contributed by atoms with Gasteiger partial charge in [-0.1, -0.05) is 73.2 Å². The van der Waals surface area contributed by atoms with Crippen molar-refractivity contribution in [3.05, 3.63) is 89.5 Å². The van der Waals surface area contributed by atoms with Gasteiger partial charge in [-0.15, -0.1) is 0 Å². The molecular weight excluding hydrogens is 340 g/mol. The summed E-state index contributed by atoms with van der Waals surface area (Å²) in [6, 6.07) is 19.7. The number of fused-ring (bicyclic) bond motifs is 1. The van der Waals surface area contributed by atoms with Crippen molar-refractivity contribution in [2.75, 3.05) is 7.11 Å². The number of methoxy groups -OCH3 is 1. The smallest absolute Gasteiger partial charge is 0.125 e. The minimum atomic E-state index is 0.662. The maximum absolute atomic E-state index is 5.77. The molecule has 0 amide bonds. The summed E-state index contributed by atoms with van der Waals surface area (Å²) in [5, 5.41) is 2.58. The van der Waals surface area contributed by atoms with E-state index in [1.54, 1.807) is 7.11 Å². The third-order valence-electron chi connectivity index (χ3n) is 5.73. The molecule has 3 aromatic rings. The molecule has 0 spiro atoms. The highest BCUT2D eigenvalue weighted by molar-refractivity contribution is 5.96. The molecule has 0 aromatic heterocycles. The number of hydrogen-bond donors (Lipinski definition) is 0. The van der Waals surface area contributed by atoms with E-state index in [1.165, 1.54) is 38.6 Å². The first-order chi connectivity index (χ1) is 13.7. The first-order valence-corrected chi connectivity index (χ1v) is 10.2. The van der Waals surface area contributed by atoms with Crippen molar-refractivity contribution >= 4 is 10.8 Å². The molecule has 0 bridgehead atoms. The fourth-order valence-corrected chi connectivity index (χ4v) is 4.19. The zero-order chi connectivity index (χ0) is 19.5. The van der Waals surface area contributed by atoms with E-state index in [2.05, 4.69) is 86.7 Å². The summed E-state index contributed by atoms with van der Waals surface area (Å²) in [5.41, 5.74) is 6.49. The molecule has 3 aromatic carbocycles. The number of hydrogen-bond acceptors (Lipinski definition) is 1. The second-order valence-electron chi connectivity index (χ2n) is 7.86. The average Bonchev–Trinajstić information content (AvgIpc) is 2.72. The van der Waals surface area contributed by atoms with Crippen LogP contribution in [0.5, 0.6) is 5.75 Å². The number of rotatable bonds is 5. The number of allylic oxidation sites excluding steroid dienone is 4. The van der Waals surface area contributed by atoms with Gasteiger partial charge in [0.15, 0.2) is 0 Å². The molecule has 0 saturated carbocycles. The largest absolute Gasteiger partial charge is 0.496 e. The van der Waals surface area contributed by atoms with E-state index >= 15 is 0 Å². The maximum Gasteiger partial charge on any atom is 0.125 e. The van der Waals surface area contributed by atoms with Gasteiger partial charge in [0.2, 0.25) is 0 Å². The van der Waals surface area contributed by atoms with Crippen LogP contribution >= 0.6 is 0 Å². The second-order valence-corrected chi connectivity index (χ2v) is 7.86. The number of aryl methyl sites for hydroxylation is 2. The molecule has 1 unspecified atom stereocenters. The Morgan fingerprint density at radius 1 is 1.00 bits per heavy atom. The Bertz CT molecular complexity index is 1050. The van der Waals surface area contributed by atoms with Gasteiger partial charge in [0.1, 0.15) is 5.75 Å². The topological polar surface area (TPSA) is 9.23 Å². The Labute approximate surface area is 168 Å². The Morgan fingerprint density at radius 2 is 1.82 bits per heavy atom. The molecule has 1 atom stereocenters. The van der Waals surface area contributed by atoms with Gasteiger partial charge in [0, 0.05) is 0 Å². The van der Waals surface area contributed by atoms with Crippen LogP contribution in [0.1, 0.15) is 30.9 Å². The van der Waals surface area contributed by atoms with E-state index in [9.17, 15) is 0 Å². The number of benzene rings is 3. The number of ether oxygens (including phenoxy) is 1. The van der Waals surface area contributed by atoms with Gasteiger partial charge >= 0.3 is 0 Å². The van der Waals surface area contributed by atoms with Crippen molar-refractivity contribution in [1.82, 2.24) is 0 Å². The van der Waals surface area contributed by atoms with Crippen LogP contribution in [0.4, 0.5) is 0 Å². The van der Waals surface area contributed by atoms with Crippen molar-refractivity contribution < 1.29 is 4.74 Å². The molecule has 0 aliphatic heterocycles. The molecule has 0 fully saturated rings. The molecule has 1 heteroatoms. The lowest BCUT2D eigenvalue weighted by atomic mass is 9.91. The molecule has 28 heavy (non-hydrogen) atoms. The summed E-state index contributed by atoms with van der Waals surface area (Å²) >= 11 is 0. The van der Waals surface area contributed by atoms with Crippen LogP contribution in [-0.2, 0) is 6.42 Å². The molecule has 0 saturated heterocycles. The summed E-state index contributed by atoms with van der Waals surface area (Å²) in [7, 11) is 1.78. The zero-order valence-electron chi connectivity index (χ0n) is 17.0. The predicted octanol–water partition coefficient (Wildman–Crippen LogP) is 7.28. The van der Waals surface area contributed by atoms with E-state index in [0.717, 1.165) is 25.0 Å². The molecule has 1 aliphatic carbocycles. The molecular formula is C27H28O. The van der Waals surface area contributed by atoms with E-state index < -0.39 is 0 Å². The summed E-state index contributed by atoms with van der Waals surface area (Å²) < 4.78 is 5.77. The van der Waals surface area contributed by atoms with Crippen LogP contribution < -0.4 is 4.74 Å². The highest BCUT2D eigenvalue weighted by atomic mass is 16.5. The summed E-state index contributed by atoms with van der Waals surface area (Å²) in [6.45, 7) is 4.42. The first kappa shape index (κ1) is 18.6.